The zero-order valence-electron chi connectivity index (χ0n) is 14.8. The molecule has 0 fully saturated rings. The van der Waals surface area contributed by atoms with Crippen molar-refractivity contribution in [2.45, 2.75) is 13.8 Å². The average molecular weight is 375 g/mol. The predicted molar refractivity (Wildman–Crippen MR) is 105 cm³/mol. The number of aromatic nitrogens is 6. The molecular formula is C20H15ClN6. The van der Waals surface area contributed by atoms with E-state index in [-0.39, 0.29) is 0 Å². The Labute approximate surface area is 160 Å². The second-order valence-electron chi connectivity index (χ2n) is 6.54. The van der Waals surface area contributed by atoms with E-state index in [9.17, 15) is 0 Å². The molecule has 0 radical (unpaired) electrons. The molecule has 6 nitrogen and oxygen atoms in total. The summed E-state index contributed by atoms with van der Waals surface area (Å²) >= 11 is 6.10. The first kappa shape index (κ1) is 16.0. The van der Waals surface area contributed by atoms with Crippen LogP contribution in [0, 0.1) is 13.8 Å². The highest BCUT2D eigenvalue weighted by atomic mass is 35.5. The molecule has 0 saturated heterocycles. The van der Waals surface area contributed by atoms with Crippen LogP contribution in [0.25, 0.3) is 33.8 Å². The molecule has 0 saturated carbocycles. The van der Waals surface area contributed by atoms with Crippen LogP contribution in [-0.2, 0) is 0 Å². The maximum atomic E-state index is 6.10. The summed E-state index contributed by atoms with van der Waals surface area (Å²) in [4.78, 5) is 9.26. The minimum absolute atomic E-state index is 0.603. The van der Waals surface area contributed by atoms with Crippen molar-refractivity contribution in [3.8, 4) is 17.1 Å². The van der Waals surface area contributed by atoms with Crippen molar-refractivity contribution >= 4 is 28.3 Å². The largest absolute Gasteiger partial charge is 0.216 e. The molecule has 5 aromatic rings. The van der Waals surface area contributed by atoms with Crippen molar-refractivity contribution in [2.24, 2.45) is 0 Å². The molecule has 0 aliphatic rings. The zero-order valence-corrected chi connectivity index (χ0v) is 15.5. The number of hydrogen-bond acceptors (Lipinski definition) is 4. The topological polar surface area (TPSA) is 60.9 Å². The van der Waals surface area contributed by atoms with Crippen molar-refractivity contribution in [2.75, 3.05) is 0 Å². The van der Waals surface area contributed by atoms with E-state index in [0.29, 0.717) is 16.5 Å². The van der Waals surface area contributed by atoms with E-state index in [4.69, 9.17) is 16.6 Å². The van der Waals surface area contributed by atoms with E-state index in [0.717, 1.165) is 27.8 Å². The van der Waals surface area contributed by atoms with Crippen molar-refractivity contribution in [3.05, 3.63) is 71.1 Å². The summed E-state index contributed by atoms with van der Waals surface area (Å²) < 4.78 is 3.52. The molecular weight excluding hydrogens is 360 g/mol. The van der Waals surface area contributed by atoms with E-state index in [1.54, 1.807) is 17.0 Å². The number of hydrogen-bond donors (Lipinski definition) is 0. The molecule has 2 aromatic carbocycles. The molecule has 0 aliphatic carbocycles. The Morgan fingerprint density at radius 1 is 1.00 bits per heavy atom. The van der Waals surface area contributed by atoms with Crippen molar-refractivity contribution in [3.63, 3.8) is 0 Å². The molecule has 0 unspecified atom stereocenters. The van der Waals surface area contributed by atoms with Gasteiger partial charge in [-0.1, -0.05) is 41.4 Å². The van der Waals surface area contributed by atoms with Gasteiger partial charge in [-0.15, -0.1) is 5.10 Å². The van der Waals surface area contributed by atoms with Gasteiger partial charge >= 0.3 is 0 Å². The number of aryl methyl sites for hydroxylation is 2. The van der Waals surface area contributed by atoms with E-state index >= 15 is 0 Å². The van der Waals surface area contributed by atoms with Gasteiger partial charge in [0.2, 0.25) is 0 Å². The lowest BCUT2D eigenvalue weighted by Gasteiger charge is -2.07. The van der Waals surface area contributed by atoms with Gasteiger partial charge in [-0.3, -0.25) is 0 Å². The number of nitrogens with zero attached hydrogens (tertiary/aromatic N) is 6. The normalized spacial score (nSPS) is 11.5. The number of halogens is 1. The van der Waals surface area contributed by atoms with Crippen molar-refractivity contribution < 1.29 is 0 Å². The lowest BCUT2D eigenvalue weighted by Crippen LogP contribution is -2.01. The SMILES string of the molecule is Cc1ccc(-n2ncc3c2ncn2nc(-c4cccc(Cl)c4)nc32)c(C)c1. The van der Waals surface area contributed by atoms with Crippen molar-refractivity contribution in [1.82, 2.24) is 29.4 Å². The summed E-state index contributed by atoms with van der Waals surface area (Å²) in [5, 5.41) is 10.6. The first-order chi connectivity index (χ1) is 13.1. The third-order valence-electron chi connectivity index (χ3n) is 4.57. The second-order valence-corrected chi connectivity index (χ2v) is 6.98. The Morgan fingerprint density at radius 3 is 2.70 bits per heavy atom. The Hall–Kier alpha value is -3.25. The predicted octanol–water partition coefficient (Wildman–Crippen LogP) is 4.40. The Balaban J connectivity index is 1.71. The van der Waals surface area contributed by atoms with E-state index in [1.807, 2.05) is 28.9 Å². The maximum absolute atomic E-state index is 6.10. The number of fused-ring (bicyclic) bond motifs is 3. The van der Waals surface area contributed by atoms with Gasteiger partial charge in [-0.05, 0) is 37.6 Å². The summed E-state index contributed by atoms with van der Waals surface area (Å²) in [7, 11) is 0. The quantitative estimate of drug-likeness (QED) is 0.459. The molecule has 0 spiro atoms. The Morgan fingerprint density at radius 2 is 1.89 bits per heavy atom. The fourth-order valence-corrected chi connectivity index (χ4v) is 3.48. The smallest absolute Gasteiger partial charge is 0.182 e. The average Bonchev–Trinajstić information content (AvgIpc) is 3.25. The molecule has 0 amide bonds. The van der Waals surface area contributed by atoms with Gasteiger partial charge in [0.05, 0.1) is 17.3 Å². The van der Waals surface area contributed by atoms with Crippen LogP contribution >= 0.6 is 11.6 Å². The third-order valence-corrected chi connectivity index (χ3v) is 4.80. The van der Waals surface area contributed by atoms with Gasteiger partial charge in [0.15, 0.2) is 17.1 Å². The molecule has 0 bridgehead atoms. The van der Waals surface area contributed by atoms with Gasteiger partial charge in [0.25, 0.3) is 0 Å². The fourth-order valence-electron chi connectivity index (χ4n) is 3.29. The fraction of sp³-hybridized carbons (Fsp3) is 0.100. The summed E-state index contributed by atoms with van der Waals surface area (Å²) in [6, 6.07) is 13.8. The van der Waals surface area contributed by atoms with Gasteiger partial charge in [-0.25, -0.2) is 19.2 Å². The third kappa shape index (κ3) is 2.57. The van der Waals surface area contributed by atoms with Crippen LogP contribution in [0.4, 0.5) is 0 Å². The monoisotopic (exact) mass is 374 g/mol. The van der Waals surface area contributed by atoms with Gasteiger partial charge in [0.1, 0.15) is 6.33 Å². The molecule has 3 heterocycles. The highest BCUT2D eigenvalue weighted by Gasteiger charge is 2.15. The number of rotatable bonds is 2. The van der Waals surface area contributed by atoms with Crippen LogP contribution in [0.5, 0.6) is 0 Å². The standard InChI is InChI=1S/C20H15ClN6/c1-12-6-7-17(13(2)8-12)27-19-16(10-23-27)20-24-18(25-26(20)11-22-19)14-4-3-5-15(21)9-14/h3-11H,1-2H3. The lowest BCUT2D eigenvalue weighted by atomic mass is 10.1. The van der Waals surface area contributed by atoms with Gasteiger partial charge in [0, 0.05) is 10.6 Å². The van der Waals surface area contributed by atoms with Crippen LogP contribution in [0.1, 0.15) is 11.1 Å². The molecule has 0 atom stereocenters. The van der Waals surface area contributed by atoms with Crippen LogP contribution in [0.2, 0.25) is 5.02 Å². The van der Waals surface area contributed by atoms with Crippen LogP contribution in [0.3, 0.4) is 0 Å². The molecule has 3 aromatic heterocycles. The highest BCUT2D eigenvalue weighted by Crippen LogP contribution is 2.25. The molecule has 0 N–H and O–H groups in total. The van der Waals surface area contributed by atoms with Crippen LogP contribution < -0.4 is 0 Å². The number of benzene rings is 2. The van der Waals surface area contributed by atoms with Gasteiger partial charge in [-0.2, -0.15) is 5.10 Å². The van der Waals surface area contributed by atoms with Gasteiger partial charge < -0.3 is 0 Å². The molecule has 7 heteroatoms. The molecule has 0 aliphatic heterocycles. The second kappa shape index (κ2) is 5.89. The van der Waals surface area contributed by atoms with E-state index in [1.165, 1.54) is 5.56 Å². The lowest BCUT2D eigenvalue weighted by molar-refractivity contribution is 0.876. The minimum Gasteiger partial charge on any atom is -0.216 e. The summed E-state index contributed by atoms with van der Waals surface area (Å²) in [6.45, 7) is 4.15. The molecule has 27 heavy (non-hydrogen) atoms. The zero-order chi connectivity index (χ0) is 18.5. The highest BCUT2D eigenvalue weighted by molar-refractivity contribution is 6.30. The minimum atomic E-state index is 0.603. The summed E-state index contributed by atoms with van der Waals surface area (Å²) in [5.74, 6) is 0.603. The van der Waals surface area contributed by atoms with E-state index < -0.39 is 0 Å². The maximum Gasteiger partial charge on any atom is 0.182 e. The Bertz CT molecular complexity index is 1320. The molecule has 5 rings (SSSR count). The Kier molecular flexibility index (Phi) is 3.48. The van der Waals surface area contributed by atoms with E-state index in [2.05, 4.69) is 47.2 Å². The van der Waals surface area contributed by atoms with Crippen molar-refractivity contribution in [1.29, 1.82) is 0 Å². The summed E-state index contributed by atoms with van der Waals surface area (Å²) in [6.07, 6.45) is 3.45. The molecule has 132 valence electrons. The first-order valence-electron chi connectivity index (χ1n) is 8.53. The summed E-state index contributed by atoms with van der Waals surface area (Å²) in [5.41, 5.74) is 5.68. The first-order valence-corrected chi connectivity index (χ1v) is 8.90. The van der Waals surface area contributed by atoms with Crippen LogP contribution in [-0.4, -0.2) is 29.4 Å². The van der Waals surface area contributed by atoms with Crippen LogP contribution in [0.15, 0.2) is 55.0 Å².